The Kier molecular flexibility index (Phi) is 2.73. The molecule has 1 saturated heterocycles. The van der Waals surface area contributed by atoms with Gasteiger partial charge in [-0.2, -0.15) is 0 Å². The van der Waals surface area contributed by atoms with Crippen molar-refractivity contribution >= 4 is 23.2 Å². The Labute approximate surface area is 110 Å². The first-order chi connectivity index (χ1) is 8.61. The molecule has 1 saturated carbocycles. The number of aryl methyl sites for hydroxylation is 1. The molecule has 18 heavy (non-hydrogen) atoms. The van der Waals surface area contributed by atoms with E-state index in [0.29, 0.717) is 19.4 Å². The largest absolute Gasteiger partial charge is 0.282 e. The molecule has 0 bridgehead atoms. The lowest BCUT2D eigenvalue weighted by atomic mass is 9.68. The highest BCUT2D eigenvalue weighted by Crippen LogP contribution is 2.49. The van der Waals surface area contributed by atoms with Gasteiger partial charge in [0, 0.05) is 24.8 Å². The van der Waals surface area contributed by atoms with Crippen LogP contribution in [0.15, 0.2) is 5.38 Å². The van der Waals surface area contributed by atoms with Crippen LogP contribution in [-0.4, -0.2) is 28.2 Å². The quantitative estimate of drug-likeness (QED) is 0.784. The lowest BCUT2D eigenvalue weighted by Gasteiger charge is -2.35. The number of amides is 2. The Balaban J connectivity index is 1.66. The third kappa shape index (κ3) is 1.77. The number of carbonyl (C=O) groups is 2. The van der Waals surface area contributed by atoms with Crippen LogP contribution < -0.4 is 0 Å². The minimum atomic E-state index is -0.310. The van der Waals surface area contributed by atoms with Crippen molar-refractivity contribution in [2.75, 3.05) is 6.54 Å². The molecule has 0 N–H and O–H groups in total. The van der Waals surface area contributed by atoms with Crippen molar-refractivity contribution in [1.29, 1.82) is 0 Å². The van der Waals surface area contributed by atoms with Crippen LogP contribution in [-0.2, 0) is 16.0 Å². The lowest BCUT2D eigenvalue weighted by molar-refractivity contribution is -0.143. The van der Waals surface area contributed by atoms with Crippen molar-refractivity contribution in [2.45, 2.75) is 39.0 Å². The molecule has 3 rings (SSSR count). The summed E-state index contributed by atoms with van der Waals surface area (Å²) in [6, 6.07) is 0. The Bertz CT molecular complexity index is 505. The van der Waals surface area contributed by atoms with Crippen molar-refractivity contribution in [1.82, 2.24) is 9.88 Å². The molecule has 0 atom stereocenters. The molecule has 1 aromatic heterocycles. The highest BCUT2D eigenvalue weighted by atomic mass is 32.1. The van der Waals surface area contributed by atoms with Crippen LogP contribution in [0.3, 0.4) is 0 Å². The maximum atomic E-state index is 12.2. The van der Waals surface area contributed by atoms with Gasteiger partial charge in [-0.05, 0) is 19.8 Å². The summed E-state index contributed by atoms with van der Waals surface area (Å²) in [6.07, 6.45) is 3.98. The van der Waals surface area contributed by atoms with Crippen molar-refractivity contribution in [3.8, 4) is 0 Å². The van der Waals surface area contributed by atoms with E-state index in [4.69, 9.17) is 0 Å². The van der Waals surface area contributed by atoms with E-state index in [1.165, 1.54) is 4.90 Å². The minimum Gasteiger partial charge on any atom is -0.282 e. The second-order valence-electron chi connectivity index (χ2n) is 5.27. The first kappa shape index (κ1) is 11.8. The van der Waals surface area contributed by atoms with Gasteiger partial charge >= 0.3 is 0 Å². The predicted octanol–water partition coefficient (Wildman–Crippen LogP) is 1.92. The van der Waals surface area contributed by atoms with Gasteiger partial charge in [-0.3, -0.25) is 14.5 Å². The fourth-order valence-corrected chi connectivity index (χ4v) is 3.48. The average molecular weight is 264 g/mol. The van der Waals surface area contributed by atoms with Gasteiger partial charge in [0.15, 0.2) is 0 Å². The van der Waals surface area contributed by atoms with Gasteiger partial charge in [0.2, 0.25) is 11.8 Å². The topological polar surface area (TPSA) is 50.3 Å². The number of nitrogens with zero attached hydrogens (tertiary/aromatic N) is 2. The highest BCUT2D eigenvalue weighted by Gasteiger charge is 2.54. The van der Waals surface area contributed by atoms with Crippen molar-refractivity contribution in [3.63, 3.8) is 0 Å². The summed E-state index contributed by atoms with van der Waals surface area (Å²) in [5, 5.41) is 3.03. The van der Waals surface area contributed by atoms with Crippen LogP contribution in [0.25, 0.3) is 0 Å². The summed E-state index contributed by atoms with van der Waals surface area (Å²) in [6.45, 7) is 2.45. The summed E-state index contributed by atoms with van der Waals surface area (Å²) in [5.41, 5.74) is 0.669. The molecule has 0 unspecified atom stereocenters. The van der Waals surface area contributed by atoms with Gasteiger partial charge in [-0.1, -0.05) is 6.42 Å². The molecule has 2 aliphatic rings. The zero-order chi connectivity index (χ0) is 12.8. The fourth-order valence-electron chi connectivity index (χ4n) is 2.83. The summed E-state index contributed by atoms with van der Waals surface area (Å²) in [7, 11) is 0. The number of hydrogen-bond acceptors (Lipinski definition) is 4. The Morgan fingerprint density at radius 1 is 1.44 bits per heavy atom. The van der Waals surface area contributed by atoms with Crippen LogP contribution in [0.4, 0.5) is 0 Å². The summed E-state index contributed by atoms with van der Waals surface area (Å²) in [4.78, 5) is 30.0. The van der Waals surface area contributed by atoms with Crippen LogP contribution in [0.2, 0.25) is 0 Å². The lowest BCUT2D eigenvalue weighted by Crippen LogP contribution is -2.40. The van der Waals surface area contributed by atoms with E-state index in [9.17, 15) is 9.59 Å². The number of carbonyl (C=O) groups excluding carboxylic acids is 2. The SMILES string of the molecule is Cc1nc(CCN2C(=O)CC3(CCC3)C2=O)cs1. The second-order valence-corrected chi connectivity index (χ2v) is 6.33. The van der Waals surface area contributed by atoms with Gasteiger partial charge < -0.3 is 0 Å². The van der Waals surface area contributed by atoms with Crippen LogP contribution in [0, 0.1) is 12.3 Å². The maximum Gasteiger partial charge on any atom is 0.235 e. The zero-order valence-corrected chi connectivity index (χ0v) is 11.3. The van der Waals surface area contributed by atoms with Gasteiger partial charge in [-0.15, -0.1) is 11.3 Å². The van der Waals surface area contributed by atoms with Crippen LogP contribution in [0.1, 0.15) is 36.4 Å². The normalized spacial score (nSPS) is 21.7. The van der Waals surface area contributed by atoms with E-state index < -0.39 is 0 Å². The fraction of sp³-hybridized carbons (Fsp3) is 0.615. The third-order valence-corrected chi connectivity index (χ3v) is 4.88. The molecule has 0 radical (unpaired) electrons. The van der Waals surface area contributed by atoms with E-state index in [1.807, 2.05) is 12.3 Å². The number of imide groups is 1. The molecule has 1 spiro atoms. The molecule has 1 aromatic rings. The third-order valence-electron chi connectivity index (χ3n) is 4.06. The zero-order valence-electron chi connectivity index (χ0n) is 10.4. The molecule has 2 heterocycles. The molecule has 96 valence electrons. The van der Waals surface area contributed by atoms with Crippen LogP contribution >= 0.6 is 11.3 Å². The standard InChI is InChI=1S/C13H16N2O2S/c1-9-14-10(8-18-9)3-6-15-11(16)7-13(12(15)17)4-2-5-13/h8H,2-7H2,1H3. The summed E-state index contributed by atoms with van der Waals surface area (Å²) >= 11 is 1.60. The Hall–Kier alpha value is -1.23. The van der Waals surface area contributed by atoms with E-state index >= 15 is 0 Å². The number of thiazole rings is 1. The van der Waals surface area contributed by atoms with E-state index in [1.54, 1.807) is 11.3 Å². The van der Waals surface area contributed by atoms with E-state index in [2.05, 4.69) is 4.98 Å². The molecule has 4 nitrogen and oxygen atoms in total. The Morgan fingerprint density at radius 2 is 2.22 bits per heavy atom. The van der Waals surface area contributed by atoms with Crippen molar-refractivity contribution < 1.29 is 9.59 Å². The molecule has 2 fully saturated rings. The monoisotopic (exact) mass is 264 g/mol. The first-order valence-electron chi connectivity index (χ1n) is 6.37. The number of aromatic nitrogens is 1. The molecule has 5 heteroatoms. The van der Waals surface area contributed by atoms with Crippen LogP contribution in [0.5, 0.6) is 0 Å². The second kappa shape index (κ2) is 4.16. The van der Waals surface area contributed by atoms with Crippen molar-refractivity contribution in [3.05, 3.63) is 16.1 Å². The minimum absolute atomic E-state index is 0.00616. The number of hydrogen-bond donors (Lipinski definition) is 0. The number of likely N-dealkylation sites (tertiary alicyclic amines) is 1. The summed E-state index contributed by atoms with van der Waals surface area (Å²) in [5.74, 6) is 0.0670. The first-order valence-corrected chi connectivity index (χ1v) is 7.24. The molecular weight excluding hydrogens is 248 g/mol. The summed E-state index contributed by atoms with van der Waals surface area (Å²) < 4.78 is 0. The molecule has 1 aliphatic carbocycles. The van der Waals surface area contributed by atoms with E-state index in [-0.39, 0.29) is 17.2 Å². The molecule has 1 aliphatic heterocycles. The van der Waals surface area contributed by atoms with Crippen molar-refractivity contribution in [2.24, 2.45) is 5.41 Å². The predicted molar refractivity (Wildman–Crippen MR) is 68.2 cm³/mol. The Morgan fingerprint density at radius 3 is 2.72 bits per heavy atom. The van der Waals surface area contributed by atoms with Gasteiger partial charge in [0.1, 0.15) is 0 Å². The number of rotatable bonds is 3. The smallest absolute Gasteiger partial charge is 0.235 e. The van der Waals surface area contributed by atoms with Gasteiger partial charge in [0.25, 0.3) is 0 Å². The van der Waals surface area contributed by atoms with Gasteiger partial charge in [-0.25, -0.2) is 4.98 Å². The average Bonchev–Trinajstić information content (AvgIpc) is 2.79. The van der Waals surface area contributed by atoms with E-state index in [0.717, 1.165) is 30.0 Å². The molecule has 0 aromatic carbocycles. The highest BCUT2D eigenvalue weighted by molar-refractivity contribution is 7.09. The maximum absolute atomic E-state index is 12.2. The molecule has 2 amide bonds. The molecular formula is C13H16N2O2S. The van der Waals surface area contributed by atoms with Gasteiger partial charge in [0.05, 0.1) is 16.1 Å².